The summed E-state index contributed by atoms with van der Waals surface area (Å²) in [5, 5.41) is 1.85. The maximum absolute atomic E-state index is 12.3. The van der Waals surface area contributed by atoms with Crippen molar-refractivity contribution in [2.75, 3.05) is 26.2 Å². The predicted molar refractivity (Wildman–Crippen MR) is 78.0 cm³/mol. The molecule has 21 heavy (non-hydrogen) atoms. The van der Waals surface area contributed by atoms with Crippen molar-refractivity contribution < 1.29 is 14.4 Å². The molecule has 7 heteroatoms. The molecule has 2 saturated heterocycles. The van der Waals surface area contributed by atoms with Gasteiger partial charge in [-0.15, -0.1) is 17.9 Å². The molecule has 0 aromatic carbocycles. The number of amides is 4. The third-order valence-corrected chi connectivity index (χ3v) is 4.60. The van der Waals surface area contributed by atoms with Crippen LogP contribution in [0.4, 0.5) is 4.79 Å². The van der Waals surface area contributed by atoms with E-state index in [9.17, 15) is 14.4 Å². The minimum atomic E-state index is -0.560. The second kappa shape index (κ2) is 5.33. The zero-order chi connectivity index (χ0) is 15.0. The van der Waals surface area contributed by atoms with Crippen LogP contribution in [0.1, 0.15) is 9.67 Å². The highest BCUT2D eigenvalue weighted by Gasteiger charge is 2.47. The highest BCUT2D eigenvalue weighted by Crippen LogP contribution is 2.23. The Labute approximate surface area is 126 Å². The smallest absolute Gasteiger partial charge is 0.327 e. The molecule has 2 aliphatic heterocycles. The van der Waals surface area contributed by atoms with Gasteiger partial charge in [0.1, 0.15) is 6.04 Å². The molecule has 0 N–H and O–H groups in total. The molecule has 0 spiro atoms. The van der Waals surface area contributed by atoms with Gasteiger partial charge in [-0.1, -0.05) is 12.1 Å². The molecule has 1 atom stereocenters. The molecule has 2 fully saturated rings. The van der Waals surface area contributed by atoms with Crippen molar-refractivity contribution in [2.45, 2.75) is 6.04 Å². The molecular formula is C14H15N3O3S. The molecule has 0 unspecified atom stereocenters. The van der Waals surface area contributed by atoms with Crippen molar-refractivity contribution in [2.24, 2.45) is 0 Å². The van der Waals surface area contributed by atoms with E-state index < -0.39 is 6.04 Å². The van der Waals surface area contributed by atoms with E-state index in [0.717, 1.165) is 0 Å². The minimum Gasteiger partial charge on any atom is -0.334 e. The summed E-state index contributed by atoms with van der Waals surface area (Å²) in [4.78, 5) is 41.8. The summed E-state index contributed by atoms with van der Waals surface area (Å²) in [6.45, 7) is 4.87. The van der Waals surface area contributed by atoms with E-state index in [2.05, 4.69) is 6.58 Å². The Morgan fingerprint density at radius 1 is 1.43 bits per heavy atom. The molecule has 1 aromatic rings. The lowest BCUT2D eigenvalue weighted by atomic mass is 10.2. The van der Waals surface area contributed by atoms with Crippen LogP contribution in [0.25, 0.3) is 0 Å². The van der Waals surface area contributed by atoms with Crippen LogP contribution in [-0.4, -0.2) is 64.8 Å². The normalized spacial score (nSPS) is 21.7. The topological polar surface area (TPSA) is 60.9 Å². The molecule has 0 aliphatic carbocycles. The Kier molecular flexibility index (Phi) is 3.50. The quantitative estimate of drug-likeness (QED) is 0.619. The monoisotopic (exact) mass is 305 g/mol. The Bertz CT molecular complexity index is 599. The third kappa shape index (κ3) is 2.23. The first-order chi connectivity index (χ1) is 10.1. The first-order valence-electron chi connectivity index (χ1n) is 6.69. The number of imide groups is 1. The number of carbonyl (C=O) groups excluding carboxylic acids is 3. The van der Waals surface area contributed by atoms with E-state index in [1.54, 1.807) is 15.9 Å². The molecule has 3 heterocycles. The third-order valence-electron chi connectivity index (χ3n) is 3.74. The van der Waals surface area contributed by atoms with Gasteiger partial charge in [0.2, 0.25) is 0 Å². The zero-order valence-electron chi connectivity index (χ0n) is 11.4. The maximum Gasteiger partial charge on any atom is 0.327 e. The second-order valence-corrected chi connectivity index (χ2v) is 5.91. The van der Waals surface area contributed by atoms with Crippen LogP contribution in [0.5, 0.6) is 0 Å². The fourth-order valence-corrected chi connectivity index (χ4v) is 3.38. The highest BCUT2D eigenvalue weighted by molar-refractivity contribution is 7.12. The fraction of sp³-hybridized carbons (Fsp3) is 0.357. The van der Waals surface area contributed by atoms with Crippen molar-refractivity contribution in [1.82, 2.24) is 14.7 Å². The van der Waals surface area contributed by atoms with Gasteiger partial charge in [-0.05, 0) is 11.4 Å². The maximum atomic E-state index is 12.3. The fourth-order valence-electron chi connectivity index (χ4n) is 2.69. The number of piperazine rings is 1. The van der Waals surface area contributed by atoms with E-state index in [0.29, 0.717) is 18.0 Å². The van der Waals surface area contributed by atoms with Gasteiger partial charge in [0, 0.05) is 19.6 Å². The first kappa shape index (κ1) is 13.8. The summed E-state index contributed by atoms with van der Waals surface area (Å²) in [5.41, 5.74) is 0. The number of rotatable bonds is 3. The largest absolute Gasteiger partial charge is 0.334 e. The van der Waals surface area contributed by atoms with Crippen molar-refractivity contribution in [3.63, 3.8) is 0 Å². The molecule has 0 bridgehead atoms. The number of nitrogens with zero attached hydrogens (tertiary/aromatic N) is 3. The van der Waals surface area contributed by atoms with E-state index in [1.807, 2.05) is 11.4 Å². The molecule has 3 rings (SSSR count). The lowest BCUT2D eigenvalue weighted by molar-refractivity contribution is -0.128. The van der Waals surface area contributed by atoms with Crippen molar-refractivity contribution in [1.29, 1.82) is 0 Å². The summed E-state index contributed by atoms with van der Waals surface area (Å²) < 4.78 is 0. The van der Waals surface area contributed by atoms with Gasteiger partial charge in [-0.25, -0.2) is 4.79 Å². The van der Waals surface area contributed by atoms with Gasteiger partial charge in [0.25, 0.3) is 11.8 Å². The van der Waals surface area contributed by atoms with Gasteiger partial charge in [-0.3, -0.25) is 14.5 Å². The van der Waals surface area contributed by atoms with Crippen LogP contribution in [0.15, 0.2) is 30.2 Å². The number of urea groups is 1. The summed E-state index contributed by atoms with van der Waals surface area (Å²) in [6, 6.07) is 2.75. The van der Waals surface area contributed by atoms with E-state index in [1.165, 1.54) is 22.3 Å². The van der Waals surface area contributed by atoms with Crippen molar-refractivity contribution >= 4 is 29.2 Å². The first-order valence-corrected chi connectivity index (χ1v) is 7.57. The van der Waals surface area contributed by atoms with Crippen LogP contribution < -0.4 is 0 Å². The van der Waals surface area contributed by atoms with Crippen LogP contribution in [0.3, 0.4) is 0 Å². The molecule has 0 saturated carbocycles. The number of carbonyl (C=O) groups is 3. The molecule has 0 radical (unpaired) electrons. The van der Waals surface area contributed by atoms with Crippen molar-refractivity contribution in [3.05, 3.63) is 35.0 Å². The Morgan fingerprint density at radius 3 is 2.90 bits per heavy atom. The minimum absolute atomic E-state index is 0.0768. The Morgan fingerprint density at radius 2 is 2.24 bits per heavy atom. The Balaban J connectivity index is 1.76. The van der Waals surface area contributed by atoms with Crippen LogP contribution in [0.2, 0.25) is 0 Å². The molecule has 1 aromatic heterocycles. The lowest BCUT2D eigenvalue weighted by Crippen LogP contribution is -2.54. The lowest BCUT2D eigenvalue weighted by Gasteiger charge is -2.35. The van der Waals surface area contributed by atoms with Crippen LogP contribution >= 0.6 is 11.3 Å². The number of hydrogen-bond acceptors (Lipinski definition) is 4. The van der Waals surface area contributed by atoms with Gasteiger partial charge in [0.15, 0.2) is 0 Å². The summed E-state index contributed by atoms with van der Waals surface area (Å²) in [7, 11) is 0. The van der Waals surface area contributed by atoms with E-state index in [4.69, 9.17) is 0 Å². The number of fused-ring (bicyclic) bond motifs is 1. The molecule has 6 nitrogen and oxygen atoms in total. The van der Waals surface area contributed by atoms with Gasteiger partial charge in [-0.2, -0.15) is 0 Å². The zero-order valence-corrected chi connectivity index (χ0v) is 12.2. The van der Waals surface area contributed by atoms with Gasteiger partial charge in [0.05, 0.1) is 11.4 Å². The van der Waals surface area contributed by atoms with E-state index >= 15 is 0 Å². The summed E-state index contributed by atoms with van der Waals surface area (Å²) >= 11 is 1.38. The molecule has 2 aliphatic rings. The highest BCUT2D eigenvalue weighted by atomic mass is 32.1. The van der Waals surface area contributed by atoms with E-state index in [-0.39, 0.29) is 30.9 Å². The van der Waals surface area contributed by atoms with Crippen molar-refractivity contribution in [3.8, 4) is 0 Å². The Hall–Kier alpha value is -2.15. The molecular weight excluding hydrogens is 290 g/mol. The average molecular weight is 305 g/mol. The van der Waals surface area contributed by atoms with Crippen LogP contribution in [0, 0.1) is 0 Å². The van der Waals surface area contributed by atoms with Gasteiger partial charge >= 0.3 is 6.03 Å². The number of thiophene rings is 1. The van der Waals surface area contributed by atoms with Gasteiger partial charge < -0.3 is 9.80 Å². The summed E-state index contributed by atoms with van der Waals surface area (Å²) in [5.74, 6) is -0.323. The second-order valence-electron chi connectivity index (χ2n) is 4.96. The number of hydrogen-bond donors (Lipinski definition) is 0. The standard InChI is InChI=1S/C14H15N3O3S/c1-2-5-17-12(18)10-9-15(6-7-16(10)14(17)20)13(19)11-4-3-8-21-11/h2-4,8,10H,1,5-7,9H2/t10-/m0/s1. The SMILES string of the molecule is C=CCN1C(=O)[C@@H]2CN(C(=O)c3cccs3)CCN2C1=O. The molecule has 4 amide bonds. The van der Waals surface area contributed by atoms with Crippen LogP contribution in [-0.2, 0) is 4.79 Å². The predicted octanol–water partition coefficient (Wildman–Crippen LogP) is 1.02. The molecule has 110 valence electrons. The summed E-state index contributed by atoms with van der Waals surface area (Å²) in [6.07, 6.45) is 1.53. The average Bonchev–Trinajstić information content (AvgIpc) is 3.10.